The average molecular weight is 726 g/mol. The molecule has 2 aromatic carbocycles. The molecule has 0 aliphatic heterocycles. The van der Waals surface area contributed by atoms with Crippen LogP contribution in [0.25, 0.3) is 0 Å². The van der Waals surface area contributed by atoms with Crippen LogP contribution in [0.1, 0.15) is 191 Å². The number of unbranched alkanes of at least 4 members (excludes halogenated alkanes) is 18. The Morgan fingerprint density at radius 3 is 1.38 bits per heavy atom. The second kappa shape index (κ2) is 28.9. The van der Waals surface area contributed by atoms with Crippen LogP contribution in [-0.2, 0) is 11.0 Å². The summed E-state index contributed by atoms with van der Waals surface area (Å²) >= 11 is 1.24. The molecule has 0 heterocycles. The molecule has 3 nitrogen and oxygen atoms in total. The summed E-state index contributed by atoms with van der Waals surface area (Å²) in [7, 11) is -1.02. The van der Waals surface area contributed by atoms with Crippen LogP contribution >= 0.6 is 19.0 Å². The molecule has 0 spiro atoms. The normalized spacial score (nSPS) is 11.6. The Morgan fingerprint density at radius 1 is 0.520 bits per heavy atom. The first kappa shape index (κ1) is 44.5. The van der Waals surface area contributed by atoms with E-state index in [4.69, 9.17) is 4.74 Å². The number of hydrogen-bond acceptors (Lipinski definition) is 4. The second-order valence-corrected chi connectivity index (χ2v) is 20.2. The molecule has 5 heteroatoms. The highest BCUT2D eigenvalue weighted by Gasteiger charge is 2.35. The zero-order valence-corrected chi connectivity index (χ0v) is 34.5. The molecule has 0 saturated carbocycles. The van der Waals surface area contributed by atoms with Crippen molar-refractivity contribution in [2.75, 3.05) is 18.5 Å². The van der Waals surface area contributed by atoms with E-state index in [-0.39, 0.29) is 11.1 Å². The first-order valence-corrected chi connectivity index (χ1v) is 24.3. The zero-order valence-electron chi connectivity index (χ0n) is 32.8. The van der Waals surface area contributed by atoms with Crippen molar-refractivity contribution in [3.8, 4) is 5.75 Å². The highest BCUT2D eigenvalue weighted by molar-refractivity contribution is 8.14. The van der Waals surface area contributed by atoms with Gasteiger partial charge in [-0.05, 0) is 67.3 Å². The molecular weight excluding hydrogens is 652 g/mol. The Bertz CT molecular complexity index is 1110. The maximum absolute atomic E-state index is 13.1. The number of thioether (sulfide) groups is 1. The largest absolute Gasteiger partial charge is 0.427 e. The van der Waals surface area contributed by atoms with Gasteiger partial charge in [0.1, 0.15) is 5.75 Å². The molecule has 0 unspecified atom stereocenters. The molecule has 0 aromatic heterocycles. The van der Waals surface area contributed by atoms with Crippen LogP contribution in [0.5, 0.6) is 5.75 Å². The molecule has 0 aliphatic rings. The molecule has 0 fully saturated rings. The highest BCUT2D eigenvalue weighted by Crippen LogP contribution is 2.63. The van der Waals surface area contributed by atoms with Gasteiger partial charge in [0.2, 0.25) is 5.12 Å². The van der Waals surface area contributed by atoms with Gasteiger partial charge in [-0.15, -0.1) is 0 Å². The minimum Gasteiger partial charge on any atom is -0.427 e. The molecule has 0 radical (unpaired) electrons. The van der Waals surface area contributed by atoms with Crippen molar-refractivity contribution in [2.45, 2.75) is 186 Å². The van der Waals surface area contributed by atoms with Crippen molar-refractivity contribution in [1.82, 2.24) is 0 Å². The number of esters is 1. The van der Waals surface area contributed by atoms with Gasteiger partial charge in [0, 0.05) is 24.1 Å². The summed E-state index contributed by atoms with van der Waals surface area (Å²) in [6.07, 6.45) is 34.9. The van der Waals surface area contributed by atoms with Crippen LogP contribution < -0.4 is 4.74 Å². The van der Waals surface area contributed by atoms with Gasteiger partial charge in [0.05, 0.1) is 24.6 Å². The number of rotatable bonds is 31. The number of benzene rings is 2. The number of carbonyl (C=O) groups is 2. The Morgan fingerprint density at radius 2 is 0.940 bits per heavy atom. The summed E-state index contributed by atoms with van der Waals surface area (Å²) in [6, 6.07) is 15.8. The molecule has 0 atom stereocenters. The summed E-state index contributed by atoms with van der Waals surface area (Å²) < 4.78 is 5.58. The fourth-order valence-corrected chi connectivity index (χ4v) is 12.8. The van der Waals surface area contributed by atoms with Crippen LogP contribution in [-0.4, -0.2) is 29.6 Å². The Hall–Kier alpha value is -1.64. The maximum Gasteiger partial charge on any atom is 0.311 e. The molecule has 0 amide bonds. The van der Waals surface area contributed by atoms with Crippen molar-refractivity contribution in [3.05, 3.63) is 59.7 Å². The minimum absolute atomic E-state index is 0.0498. The summed E-state index contributed by atoms with van der Waals surface area (Å²) in [5.74, 6) is 0.381. The van der Waals surface area contributed by atoms with Crippen molar-refractivity contribution >= 4 is 30.1 Å². The van der Waals surface area contributed by atoms with E-state index in [1.54, 1.807) is 12.1 Å². The van der Waals surface area contributed by atoms with E-state index in [0.717, 1.165) is 23.3 Å². The van der Waals surface area contributed by atoms with E-state index in [0.29, 0.717) is 12.2 Å². The van der Waals surface area contributed by atoms with Crippen LogP contribution in [0.3, 0.4) is 0 Å². The fraction of sp³-hybridized carbons (Fsp3) is 0.689. The Balaban J connectivity index is 1.64. The highest BCUT2D eigenvalue weighted by atomic mass is 32.2. The number of carbonyl (C=O) groups excluding carboxylic acids is 2. The third-order valence-corrected chi connectivity index (χ3v) is 15.9. The van der Waals surface area contributed by atoms with Crippen LogP contribution in [0.4, 0.5) is 0 Å². The van der Waals surface area contributed by atoms with E-state index < -0.39 is 7.26 Å². The lowest BCUT2D eigenvalue weighted by Crippen LogP contribution is -2.11. The molecule has 2 rings (SSSR count). The third kappa shape index (κ3) is 20.4. The van der Waals surface area contributed by atoms with Gasteiger partial charge in [0.15, 0.2) is 0 Å². The topological polar surface area (TPSA) is 43.4 Å². The SMILES string of the molecule is CCCCCCCCCCCCCCCCCCC(=O)Oc1ccc(SC(=O)c2ccc(C[P+](CCCC)(CCCC)CCCC)cc2)cc1. The molecule has 0 aliphatic carbocycles. The summed E-state index contributed by atoms with van der Waals surface area (Å²) in [5.41, 5.74) is 2.14. The van der Waals surface area contributed by atoms with Crippen LogP contribution in [0, 0.1) is 0 Å². The summed E-state index contributed by atoms with van der Waals surface area (Å²) in [5, 5.41) is 0.0498. The summed E-state index contributed by atoms with van der Waals surface area (Å²) in [6.45, 7) is 9.23. The van der Waals surface area contributed by atoms with Gasteiger partial charge in [-0.1, -0.05) is 168 Å². The molecule has 282 valence electrons. The van der Waals surface area contributed by atoms with E-state index in [9.17, 15) is 9.59 Å². The van der Waals surface area contributed by atoms with Gasteiger partial charge >= 0.3 is 5.97 Å². The first-order chi connectivity index (χ1) is 24.4. The molecular formula is C45H74O3PS+. The van der Waals surface area contributed by atoms with Gasteiger partial charge in [-0.3, -0.25) is 9.59 Å². The summed E-state index contributed by atoms with van der Waals surface area (Å²) in [4.78, 5) is 26.4. The predicted octanol–water partition coefficient (Wildman–Crippen LogP) is 15.1. The standard InChI is InChI=1S/C45H74O3PS/c1-5-9-13-14-15-16-17-18-19-20-21-22-23-24-25-26-27-44(46)48-42-32-34-43(35-33-42)50-45(47)41-30-28-40(29-31-41)39-49(36-10-6-2,37-11-7-3)38-12-8-4/h28-35H,5-27,36-39H2,1-4H3/q+1. The average Bonchev–Trinajstić information content (AvgIpc) is 3.13. The first-order valence-electron chi connectivity index (χ1n) is 20.9. The number of hydrogen-bond donors (Lipinski definition) is 0. The fourth-order valence-electron chi connectivity index (χ4n) is 6.93. The Labute approximate surface area is 313 Å². The van der Waals surface area contributed by atoms with Gasteiger partial charge in [-0.2, -0.15) is 0 Å². The van der Waals surface area contributed by atoms with E-state index in [1.165, 1.54) is 170 Å². The van der Waals surface area contributed by atoms with Crippen molar-refractivity contribution < 1.29 is 14.3 Å². The monoisotopic (exact) mass is 726 g/mol. The van der Waals surface area contributed by atoms with Gasteiger partial charge in [-0.25, -0.2) is 0 Å². The molecule has 0 N–H and O–H groups in total. The third-order valence-electron chi connectivity index (χ3n) is 10.2. The Kier molecular flexibility index (Phi) is 25.7. The van der Waals surface area contributed by atoms with E-state index in [1.807, 2.05) is 24.3 Å². The smallest absolute Gasteiger partial charge is 0.311 e. The lowest BCUT2D eigenvalue weighted by Gasteiger charge is -2.28. The van der Waals surface area contributed by atoms with Crippen molar-refractivity contribution in [3.63, 3.8) is 0 Å². The van der Waals surface area contributed by atoms with Gasteiger partial charge < -0.3 is 4.74 Å². The number of ether oxygens (including phenoxy) is 1. The zero-order chi connectivity index (χ0) is 36.1. The lowest BCUT2D eigenvalue weighted by molar-refractivity contribution is -0.134. The van der Waals surface area contributed by atoms with E-state index >= 15 is 0 Å². The van der Waals surface area contributed by atoms with Crippen LogP contribution in [0.2, 0.25) is 0 Å². The van der Waals surface area contributed by atoms with Gasteiger partial charge in [0.25, 0.3) is 0 Å². The maximum atomic E-state index is 13.1. The van der Waals surface area contributed by atoms with Crippen LogP contribution in [0.15, 0.2) is 53.4 Å². The molecule has 0 bridgehead atoms. The van der Waals surface area contributed by atoms with Crippen molar-refractivity contribution in [2.24, 2.45) is 0 Å². The lowest BCUT2D eigenvalue weighted by atomic mass is 10.0. The quantitative estimate of drug-likeness (QED) is 0.0255. The molecule has 2 aromatic rings. The second-order valence-electron chi connectivity index (χ2n) is 14.8. The predicted molar refractivity (Wildman–Crippen MR) is 223 cm³/mol. The van der Waals surface area contributed by atoms with E-state index in [2.05, 4.69) is 39.8 Å². The molecule has 0 saturated heterocycles. The minimum atomic E-state index is -1.02. The van der Waals surface area contributed by atoms with Crippen molar-refractivity contribution in [1.29, 1.82) is 0 Å². The molecule has 50 heavy (non-hydrogen) atoms.